The van der Waals surface area contributed by atoms with Crippen LogP contribution in [0.3, 0.4) is 0 Å². The number of urea groups is 3. The van der Waals surface area contributed by atoms with Crippen LogP contribution >= 0.6 is 0 Å². The van der Waals surface area contributed by atoms with E-state index in [1.165, 1.54) is 19.0 Å². The van der Waals surface area contributed by atoms with Crippen LogP contribution in [0.1, 0.15) is 203 Å². The summed E-state index contributed by atoms with van der Waals surface area (Å²) in [6, 6.07) is 28.5. The maximum absolute atomic E-state index is 12.2. The standard InChI is InChI=1S/C32H40N6O5.C29H36N6O6.C28H34N6O6/c1-2-33-32(41)37-29-26-30(35-18-34-29)38(19-36-26)24-17-22(13-8-12-21-11-6-7-14-23(21)31(39)40)27-28(24)43-25(42-27)16-15-20-9-4-3-5-10-20;1-2-30-29(38)34-24-21-25(32-15-31-24)35(16-33-21)26-23-22(40-28(41-23)18-10-4-3-5-11-18)20(39-26)14-8-12-17-9-6-7-13-19(17)27(36)37;1-2-29-28(37)33-23-20-24(31-14-30-23)34(15-32-20)25-22-21(39-27(40-22)17-9-4-3-5-10-17)19(38-25)13-12-16-8-6-7-11-18(16)26(35)36/h3-5,9-10,15-16,18-19,21-25,27-28H,2,6-8,11-14,17H2,1H3,(H,39,40)(H2,33,34,35,37,41);3-5,10-11,15-17,19-20,22-23,26,28H,2,6-9,12-14H2,1H3,(H,36,37)(H2,30,31,32,34,38);3-5,9-10,14-16,18-19,21-22,25,27H,2,6-8,11-13H2,1H3,(H,35,36)(H2,29,30,31,33,37)/b16-15+;;/t21?,22?,23?,24?,25-,27?,28?;17?,19?,20?,22?,23?,26?,28-;16?,18?,19?,21?,22?,25?,27-/m000/s1. The Morgan fingerprint density at radius 1 is 0.395 bits per heavy atom. The third-order valence-electron chi connectivity index (χ3n) is 25.8. The molecule has 3 aromatic carbocycles. The first-order valence-electron chi connectivity index (χ1n) is 44.0. The maximum atomic E-state index is 12.2. The molecule has 11 heterocycles. The summed E-state index contributed by atoms with van der Waals surface area (Å²) in [4.78, 5) is 112. The van der Waals surface area contributed by atoms with Crippen LogP contribution < -0.4 is 31.9 Å². The topological polar surface area (TPSA) is 440 Å². The normalized spacial score (nSPS) is 29.3. The molecule has 4 aliphatic carbocycles. The first-order chi connectivity index (χ1) is 60.6. The monoisotopic (exact) mass is 1700 g/mol. The van der Waals surface area contributed by atoms with Gasteiger partial charge in [-0.3, -0.25) is 39.5 Å². The smallest absolute Gasteiger partial charge is 0.320 e. The summed E-state index contributed by atoms with van der Waals surface area (Å²) in [6.45, 7) is 6.96. The third-order valence-corrected chi connectivity index (χ3v) is 25.8. The van der Waals surface area contributed by atoms with Crippen LogP contribution in [0.25, 0.3) is 39.6 Å². The molecular formula is C89H110N18O17. The lowest BCUT2D eigenvalue weighted by atomic mass is 9.76. The third kappa shape index (κ3) is 19.5. The van der Waals surface area contributed by atoms with Gasteiger partial charge >= 0.3 is 36.0 Å². The number of carbonyl (C=O) groups is 6. The number of nitrogens with zero attached hydrogens (tertiary/aromatic N) is 12. The molecule has 18 rings (SSSR count). The van der Waals surface area contributed by atoms with Crippen molar-refractivity contribution < 1.29 is 82.0 Å². The number of anilines is 3. The van der Waals surface area contributed by atoms with E-state index in [0.29, 0.717) is 77.0 Å². The molecule has 0 radical (unpaired) electrons. The molecule has 0 bridgehead atoms. The fraction of sp³-hybridized carbons (Fsp3) is 0.539. The summed E-state index contributed by atoms with van der Waals surface area (Å²) < 4.78 is 57.7. The molecule has 5 saturated heterocycles. The molecule has 9 aromatic rings. The number of fused-ring (bicyclic) bond motifs is 6. The van der Waals surface area contributed by atoms with Gasteiger partial charge in [0.15, 0.2) is 82.3 Å². The molecule has 658 valence electrons. The number of carboxylic acid groups (broad SMARTS) is 3. The molecule has 5 aliphatic heterocycles. The molecule has 9 aliphatic rings. The van der Waals surface area contributed by atoms with Crippen molar-refractivity contribution in [3.05, 3.63) is 152 Å². The number of benzene rings is 3. The van der Waals surface area contributed by atoms with Crippen LogP contribution in [0.5, 0.6) is 0 Å². The fourth-order valence-electron chi connectivity index (χ4n) is 19.9. The number of carboxylic acids is 3. The van der Waals surface area contributed by atoms with E-state index in [1.807, 2.05) is 133 Å². The van der Waals surface area contributed by atoms with E-state index < -0.39 is 61.4 Å². The van der Waals surface area contributed by atoms with Crippen LogP contribution in [0.4, 0.5) is 31.8 Å². The Balaban J connectivity index is 0.000000138. The van der Waals surface area contributed by atoms with Gasteiger partial charge in [-0.05, 0) is 140 Å². The van der Waals surface area contributed by atoms with E-state index in [9.17, 15) is 44.1 Å². The number of hydrogen-bond acceptors (Lipinski definition) is 23. The van der Waals surface area contributed by atoms with E-state index in [-0.39, 0.29) is 102 Å². The van der Waals surface area contributed by atoms with Gasteiger partial charge < -0.3 is 73.7 Å². The lowest BCUT2D eigenvalue weighted by Crippen LogP contribution is -2.31. The quantitative estimate of drug-likeness (QED) is 0.0231. The molecule has 18 unspecified atom stereocenters. The number of aromatic nitrogens is 12. The van der Waals surface area contributed by atoms with Gasteiger partial charge in [0, 0.05) is 30.8 Å². The molecular weight excluding hydrogens is 1590 g/mol. The highest BCUT2D eigenvalue weighted by Crippen LogP contribution is 2.51. The molecule has 21 atom stereocenters. The van der Waals surface area contributed by atoms with Crippen LogP contribution in [0, 0.1) is 41.4 Å². The van der Waals surface area contributed by atoms with Gasteiger partial charge in [-0.15, -0.1) is 0 Å². The van der Waals surface area contributed by atoms with Crippen LogP contribution in [-0.2, 0) is 52.3 Å². The van der Waals surface area contributed by atoms with Crippen molar-refractivity contribution in [1.82, 2.24) is 74.5 Å². The van der Waals surface area contributed by atoms with Crippen molar-refractivity contribution in [3.8, 4) is 0 Å². The summed E-state index contributed by atoms with van der Waals surface area (Å²) in [5.41, 5.74) is 5.95. The van der Waals surface area contributed by atoms with Gasteiger partial charge in [-0.2, -0.15) is 0 Å². The van der Waals surface area contributed by atoms with Gasteiger partial charge in [0.25, 0.3) is 0 Å². The minimum Gasteiger partial charge on any atom is -0.481 e. The van der Waals surface area contributed by atoms with E-state index >= 15 is 0 Å². The van der Waals surface area contributed by atoms with Crippen LogP contribution in [0.15, 0.2) is 135 Å². The number of ether oxygens (including phenoxy) is 8. The SMILES string of the molecule is CCNC(=O)Nc1ncnc2c1ncn2C1CC(CCCC2CCCCC2C(=O)O)C2O[C@H](/C=C/c3ccccc3)OC21.CCNC(=O)Nc1ncnc2c1ncn2C1OC(CCC2CCCCC2C(=O)O)C2O[C@H](c3ccccc3)OC21.CCNC(=O)Nc1ncnc2c1ncn2C1OC(CCCC2CCCCC2C(=O)O)C2O[C@H](c3ccccc3)OC21. The zero-order valence-corrected chi connectivity index (χ0v) is 69.8. The lowest BCUT2D eigenvalue weighted by molar-refractivity contribution is -0.150. The van der Waals surface area contributed by atoms with E-state index in [2.05, 4.69) is 76.8 Å². The largest absolute Gasteiger partial charge is 0.481 e. The van der Waals surface area contributed by atoms with Crippen molar-refractivity contribution >= 4 is 93.0 Å². The molecule has 6 amide bonds. The van der Waals surface area contributed by atoms with Crippen LogP contribution in [0.2, 0.25) is 0 Å². The molecule has 0 spiro atoms. The Kier molecular flexibility index (Phi) is 28.1. The Hall–Kier alpha value is -11.1. The van der Waals surface area contributed by atoms with Crippen molar-refractivity contribution in [1.29, 1.82) is 0 Å². The number of rotatable bonds is 27. The average molecular weight is 1700 g/mol. The molecule has 35 heteroatoms. The number of hydrogen-bond donors (Lipinski definition) is 9. The molecule has 124 heavy (non-hydrogen) atoms. The highest BCUT2D eigenvalue weighted by molar-refractivity contribution is 5.97. The first-order valence-corrected chi connectivity index (χ1v) is 44.0. The van der Waals surface area contributed by atoms with E-state index in [1.54, 1.807) is 23.5 Å². The minimum absolute atomic E-state index is 0.0659. The zero-order valence-electron chi connectivity index (χ0n) is 69.8. The highest BCUT2D eigenvalue weighted by atomic mass is 16.8. The number of carbonyl (C=O) groups excluding carboxylic acids is 3. The Labute approximate surface area is 716 Å². The van der Waals surface area contributed by atoms with Gasteiger partial charge in [0.05, 0.1) is 61.1 Å². The van der Waals surface area contributed by atoms with Gasteiger partial charge in [0.1, 0.15) is 49.5 Å². The number of nitrogens with one attached hydrogen (secondary N) is 6. The minimum atomic E-state index is -0.709. The van der Waals surface area contributed by atoms with Gasteiger partial charge in [-0.1, -0.05) is 148 Å². The summed E-state index contributed by atoms with van der Waals surface area (Å²) in [6.07, 6.45) is 26.9. The van der Waals surface area contributed by atoms with E-state index in [0.717, 1.165) is 145 Å². The van der Waals surface area contributed by atoms with Gasteiger partial charge in [0.2, 0.25) is 0 Å². The van der Waals surface area contributed by atoms with E-state index in [4.69, 9.17) is 37.9 Å². The van der Waals surface area contributed by atoms with Crippen molar-refractivity contribution in [2.75, 3.05) is 35.6 Å². The second-order valence-electron chi connectivity index (χ2n) is 33.4. The van der Waals surface area contributed by atoms with Gasteiger partial charge in [-0.25, -0.2) is 59.2 Å². The maximum Gasteiger partial charge on any atom is 0.320 e. The number of amides is 6. The molecule has 9 N–H and O–H groups in total. The first kappa shape index (κ1) is 86.5. The average Bonchev–Trinajstić information content (AvgIpc) is 1.61. The molecule has 35 nitrogen and oxygen atoms in total. The zero-order chi connectivity index (χ0) is 85.7. The molecule has 6 aromatic heterocycles. The summed E-state index contributed by atoms with van der Waals surface area (Å²) in [7, 11) is 0. The lowest BCUT2D eigenvalue weighted by Gasteiger charge is -2.29. The Bertz CT molecular complexity index is 5160. The predicted octanol–water partition coefficient (Wildman–Crippen LogP) is 13.8. The second-order valence-corrected chi connectivity index (χ2v) is 33.4. The van der Waals surface area contributed by atoms with Crippen molar-refractivity contribution in [2.45, 2.75) is 242 Å². The summed E-state index contributed by atoms with van der Waals surface area (Å²) in [5.74, 6) is -1.10. The van der Waals surface area contributed by atoms with Crippen molar-refractivity contribution in [2.24, 2.45) is 41.4 Å². The van der Waals surface area contributed by atoms with Crippen LogP contribution in [-0.4, -0.2) is 185 Å². The molecule has 9 fully saturated rings. The highest BCUT2D eigenvalue weighted by Gasteiger charge is 2.57. The Morgan fingerprint density at radius 2 is 0.774 bits per heavy atom. The predicted molar refractivity (Wildman–Crippen MR) is 452 cm³/mol. The second kappa shape index (κ2) is 40.3. The number of aliphatic carboxylic acids is 3. The molecule has 4 saturated carbocycles. The Morgan fingerprint density at radius 3 is 1.22 bits per heavy atom. The van der Waals surface area contributed by atoms with Crippen molar-refractivity contribution in [3.63, 3.8) is 0 Å². The fourth-order valence-corrected chi connectivity index (χ4v) is 19.9. The number of imidazole rings is 3. The summed E-state index contributed by atoms with van der Waals surface area (Å²) >= 11 is 0. The summed E-state index contributed by atoms with van der Waals surface area (Å²) in [5, 5.41) is 45.5.